The van der Waals surface area contributed by atoms with Gasteiger partial charge in [0.25, 0.3) is 0 Å². The first-order valence-corrected chi connectivity index (χ1v) is 7.98. The molecule has 0 aromatic heterocycles. The van der Waals surface area contributed by atoms with Crippen molar-refractivity contribution in [3.05, 3.63) is 24.3 Å². The van der Waals surface area contributed by atoms with E-state index < -0.39 is 6.36 Å². The van der Waals surface area contributed by atoms with Gasteiger partial charge in [0.1, 0.15) is 5.75 Å². The standard InChI is InChI=1S/C16H22F3N5O.2ClH/c1-10-4-3-5-11(2)24(10)15(21)23-14(20)22-12-6-8-13(9-7-12)25-16(17,18)19;;/h6-11H,3-5H2,1-2H3,(H4,20,21,22,23);2*1H. The van der Waals surface area contributed by atoms with Crippen LogP contribution in [0.15, 0.2) is 34.3 Å². The van der Waals surface area contributed by atoms with Gasteiger partial charge in [-0.25, -0.2) is 4.99 Å². The molecular formula is C16H24Cl2F3N5O. The van der Waals surface area contributed by atoms with Crippen molar-refractivity contribution in [2.24, 2.45) is 21.5 Å². The van der Waals surface area contributed by atoms with E-state index in [-0.39, 0.29) is 54.6 Å². The van der Waals surface area contributed by atoms with Gasteiger partial charge < -0.3 is 21.1 Å². The fourth-order valence-electron chi connectivity index (χ4n) is 2.93. The van der Waals surface area contributed by atoms with E-state index in [1.54, 1.807) is 0 Å². The van der Waals surface area contributed by atoms with E-state index in [9.17, 15) is 13.2 Å². The van der Waals surface area contributed by atoms with Crippen LogP contribution >= 0.6 is 24.8 Å². The first kappa shape index (κ1) is 25.1. The van der Waals surface area contributed by atoms with Crippen LogP contribution in [0.1, 0.15) is 33.1 Å². The smallest absolute Gasteiger partial charge is 0.406 e. The van der Waals surface area contributed by atoms with Gasteiger partial charge in [-0.05, 0) is 57.4 Å². The molecule has 6 nitrogen and oxygen atoms in total. The number of nitrogens with zero attached hydrogens (tertiary/aromatic N) is 3. The Labute approximate surface area is 168 Å². The summed E-state index contributed by atoms with van der Waals surface area (Å²) < 4.78 is 40.2. The number of piperidine rings is 1. The molecule has 0 bridgehead atoms. The van der Waals surface area contributed by atoms with Gasteiger partial charge >= 0.3 is 6.36 Å². The Kier molecular flexibility index (Phi) is 9.74. The van der Waals surface area contributed by atoms with Crippen molar-refractivity contribution < 1.29 is 17.9 Å². The third-order valence-electron chi connectivity index (χ3n) is 4.00. The number of alkyl halides is 3. The lowest BCUT2D eigenvalue weighted by Crippen LogP contribution is -2.51. The highest BCUT2D eigenvalue weighted by molar-refractivity contribution is 5.94. The van der Waals surface area contributed by atoms with Crippen molar-refractivity contribution >= 4 is 42.4 Å². The van der Waals surface area contributed by atoms with Crippen LogP contribution in [0.3, 0.4) is 0 Å². The number of hydrogen-bond donors (Lipinski definition) is 2. The molecule has 1 aromatic rings. The average molecular weight is 430 g/mol. The number of halogens is 5. The van der Waals surface area contributed by atoms with E-state index in [2.05, 4.69) is 28.6 Å². The Morgan fingerprint density at radius 2 is 1.59 bits per heavy atom. The maximum absolute atomic E-state index is 12.1. The van der Waals surface area contributed by atoms with Crippen LogP contribution in [0.2, 0.25) is 0 Å². The Morgan fingerprint density at radius 3 is 2.07 bits per heavy atom. The Bertz CT molecular complexity index is 642. The summed E-state index contributed by atoms with van der Waals surface area (Å²) in [4.78, 5) is 10.2. The summed E-state index contributed by atoms with van der Waals surface area (Å²) >= 11 is 0. The summed E-state index contributed by atoms with van der Waals surface area (Å²) in [5.41, 5.74) is 12.2. The van der Waals surface area contributed by atoms with E-state index in [4.69, 9.17) is 11.5 Å². The highest BCUT2D eigenvalue weighted by Crippen LogP contribution is 2.25. The maximum Gasteiger partial charge on any atom is 0.573 e. The lowest BCUT2D eigenvalue weighted by Gasteiger charge is -2.39. The normalized spacial score (nSPS) is 21.1. The van der Waals surface area contributed by atoms with Crippen molar-refractivity contribution in [1.82, 2.24) is 4.90 Å². The second-order valence-electron chi connectivity index (χ2n) is 6.02. The molecule has 1 aliphatic rings. The number of hydrogen-bond acceptors (Lipinski definition) is 2. The minimum Gasteiger partial charge on any atom is -0.406 e. The summed E-state index contributed by atoms with van der Waals surface area (Å²) in [5, 5.41) is 0. The first-order chi connectivity index (χ1) is 11.7. The molecule has 11 heteroatoms. The molecule has 0 spiro atoms. The second-order valence-corrected chi connectivity index (χ2v) is 6.02. The number of benzene rings is 1. The van der Waals surface area contributed by atoms with Crippen molar-refractivity contribution in [3.8, 4) is 5.75 Å². The zero-order valence-electron chi connectivity index (χ0n) is 14.9. The predicted octanol–water partition coefficient (Wildman–Crippen LogP) is 3.95. The number of guanidine groups is 2. The molecule has 0 aliphatic carbocycles. The monoisotopic (exact) mass is 429 g/mol. The van der Waals surface area contributed by atoms with Gasteiger partial charge in [0.2, 0.25) is 5.96 Å². The van der Waals surface area contributed by atoms with Crippen molar-refractivity contribution in [2.75, 3.05) is 0 Å². The quantitative estimate of drug-likeness (QED) is 0.549. The summed E-state index contributed by atoms with van der Waals surface area (Å²) in [6.07, 6.45) is -1.54. The SMILES string of the molecule is CC1CCCC(C)N1/C(N)=N/C(N)=Nc1ccc(OC(F)(F)F)cc1.Cl.Cl. The molecule has 27 heavy (non-hydrogen) atoms. The fraction of sp³-hybridized carbons (Fsp3) is 0.500. The van der Waals surface area contributed by atoms with Crippen molar-refractivity contribution in [1.29, 1.82) is 0 Å². The fourth-order valence-corrected chi connectivity index (χ4v) is 2.93. The predicted molar refractivity (Wildman–Crippen MR) is 105 cm³/mol. The van der Waals surface area contributed by atoms with Gasteiger partial charge in [0.15, 0.2) is 5.96 Å². The molecular weight excluding hydrogens is 406 g/mol. The summed E-state index contributed by atoms with van der Waals surface area (Å²) in [5.74, 6) is -0.103. The zero-order chi connectivity index (χ0) is 18.6. The van der Waals surface area contributed by atoms with Crippen LogP contribution in [0.5, 0.6) is 5.75 Å². The van der Waals surface area contributed by atoms with Crippen LogP contribution in [-0.4, -0.2) is 35.3 Å². The number of likely N-dealkylation sites (tertiary alicyclic amines) is 1. The van der Waals surface area contributed by atoms with Gasteiger partial charge in [0, 0.05) is 12.1 Å². The van der Waals surface area contributed by atoms with Gasteiger partial charge in [-0.15, -0.1) is 38.0 Å². The van der Waals surface area contributed by atoms with Gasteiger partial charge in [-0.3, -0.25) is 0 Å². The lowest BCUT2D eigenvalue weighted by molar-refractivity contribution is -0.274. The molecule has 2 rings (SSSR count). The number of rotatable bonds is 2. The maximum atomic E-state index is 12.1. The van der Waals surface area contributed by atoms with Crippen LogP contribution in [0.4, 0.5) is 18.9 Å². The van der Waals surface area contributed by atoms with Gasteiger partial charge in [-0.1, -0.05) is 0 Å². The summed E-state index contributed by atoms with van der Waals surface area (Å²) in [7, 11) is 0. The summed E-state index contributed by atoms with van der Waals surface area (Å²) in [6.45, 7) is 4.15. The van der Waals surface area contributed by atoms with E-state index in [0.29, 0.717) is 5.69 Å². The highest BCUT2D eigenvalue weighted by Gasteiger charge is 2.31. The molecule has 0 saturated carbocycles. The van der Waals surface area contributed by atoms with E-state index >= 15 is 0 Å². The zero-order valence-corrected chi connectivity index (χ0v) is 16.6. The third-order valence-corrected chi connectivity index (χ3v) is 4.00. The van der Waals surface area contributed by atoms with Crippen LogP contribution in [0.25, 0.3) is 0 Å². The number of nitrogens with two attached hydrogens (primary N) is 2. The van der Waals surface area contributed by atoms with Crippen molar-refractivity contribution in [2.45, 2.75) is 51.6 Å². The minimum atomic E-state index is -4.73. The summed E-state index contributed by atoms with van der Waals surface area (Å²) in [6, 6.07) is 5.54. The third kappa shape index (κ3) is 7.72. The lowest BCUT2D eigenvalue weighted by atomic mass is 9.98. The molecule has 1 aromatic carbocycles. The second kappa shape index (κ2) is 10.5. The Hall–Kier alpha value is -1.87. The molecule has 0 amide bonds. The van der Waals surface area contributed by atoms with E-state index in [1.165, 1.54) is 12.1 Å². The highest BCUT2D eigenvalue weighted by atomic mass is 35.5. The molecule has 4 N–H and O–H groups in total. The topological polar surface area (TPSA) is 89.2 Å². The molecule has 1 aliphatic heterocycles. The molecule has 2 atom stereocenters. The molecule has 0 radical (unpaired) electrons. The molecule has 1 fully saturated rings. The Morgan fingerprint density at radius 1 is 1.07 bits per heavy atom. The Balaban J connectivity index is 0.00000338. The molecule has 2 unspecified atom stereocenters. The van der Waals surface area contributed by atoms with Crippen LogP contribution in [0, 0.1) is 0 Å². The minimum absolute atomic E-state index is 0. The number of ether oxygens (including phenoxy) is 1. The largest absolute Gasteiger partial charge is 0.573 e. The van der Waals surface area contributed by atoms with Crippen molar-refractivity contribution in [3.63, 3.8) is 0 Å². The first-order valence-electron chi connectivity index (χ1n) is 7.98. The van der Waals surface area contributed by atoms with E-state index in [0.717, 1.165) is 31.4 Å². The van der Waals surface area contributed by atoms with Gasteiger partial charge in [-0.2, -0.15) is 4.99 Å². The van der Waals surface area contributed by atoms with Crippen LogP contribution in [-0.2, 0) is 0 Å². The molecule has 1 saturated heterocycles. The molecule has 154 valence electrons. The van der Waals surface area contributed by atoms with Crippen LogP contribution < -0.4 is 16.2 Å². The number of aliphatic imine (C=N–C) groups is 2. The average Bonchev–Trinajstić information content (AvgIpc) is 2.47. The van der Waals surface area contributed by atoms with Gasteiger partial charge in [0.05, 0.1) is 5.69 Å². The molecule has 1 heterocycles. The van der Waals surface area contributed by atoms with E-state index in [1.807, 2.05) is 4.90 Å².